The van der Waals surface area contributed by atoms with Crippen LogP contribution in [0.5, 0.6) is 0 Å². The lowest BCUT2D eigenvalue weighted by Crippen LogP contribution is -2.13. The minimum Gasteiger partial charge on any atom is -0.310 e. The Balaban J connectivity index is 0.904. The predicted molar refractivity (Wildman–Crippen MR) is 339 cm³/mol. The topological polar surface area (TPSA) is 6.48 Å². The number of para-hydroxylation sites is 3. The Labute approximate surface area is 465 Å². The van der Waals surface area contributed by atoms with Gasteiger partial charge in [0, 0.05) is 53.9 Å². The van der Waals surface area contributed by atoms with Crippen molar-refractivity contribution in [1.82, 2.24) is 0 Å². The smallest absolute Gasteiger partial charge is 0.0540 e. The fraction of sp³-hybridized carbons (Fsp3) is 0. The standard InChI is InChI=1S/C76H52N2S/c1-4-22-54(23-5-1)65-34-12-13-35-66(65)60-30-20-32-63(48-60)77(72-39-17-14-36-67(72)55-24-6-2-7-25-55)64-33-21-31-61(49-64)69-38-16-19-41-74(69)78(73-40-18-15-37-68(73)56-26-8-3-9-27-56)62-45-42-53(43-46-62)59-44-47-70-71-50-57-28-10-11-29-58(57)51-76(71)79-75(70)52-59/h1-52H. The summed E-state index contributed by atoms with van der Waals surface area (Å²) in [6.45, 7) is 0. The fourth-order valence-electron chi connectivity index (χ4n) is 11.5. The number of rotatable bonds is 12. The maximum Gasteiger partial charge on any atom is 0.0540 e. The Kier molecular flexibility index (Phi) is 12.5. The first kappa shape index (κ1) is 47.4. The number of anilines is 6. The van der Waals surface area contributed by atoms with Gasteiger partial charge in [-0.05, 0) is 134 Å². The van der Waals surface area contributed by atoms with Crippen LogP contribution in [0.4, 0.5) is 34.1 Å². The Hall–Kier alpha value is -10.1. The van der Waals surface area contributed by atoms with E-state index in [1.807, 2.05) is 11.3 Å². The maximum atomic E-state index is 2.45. The lowest BCUT2D eigenvalue weighted by molar-refractivity contribution is 1.27. The van der Waals surface area contributed by atoms with Gasteiger partial charge in [0.2, 0.25) is 0 Å². The van der Waals surface area contributed by atoms with Crippen molar-refractivity contribution in [2.24, 2.45) is 0 Å². The summed E-state index contributed by atoms with van der Waals surface area (Å²) in [5, 5.41) is 5.17. The van der Waals surface area contributed by atoms with Crippen molar-refractivity contribution >= 4 is 76.4 Å². The van der Waals surface area contributed by atoms with Crippen LogP contribution in [0.1, 0.15) is 0 Å². The van der Waals surface area contributed by atoms with Gasteiger partial charge in [0.1, 0.15) is 0 Å². The van der Waals surface area contributed by atoms with Gasteiger partial charge in [-0.25, -0.2) is 0 Å². The van der Waals surface area contributed by atoms with Gasteiger partial charge in [0.15, 0.2) is 0 Å². The molecule has 79 heavy (non-hydrogen) atoms. The zero-order chi connectivity index (χ0) is 52.5. The Morgan fingerprint density at radius 3 is 1.15 bits per heavy atom. The van der Waals surface area contributed by atoms with Gasteiger partial charge in [-0.2, -0.15) is 0 Å². The van der Waals surface area contributed by atoms with Gasteiger partial charge >= 0.3 is 0 Å². The first-order valence-corrected chi connectivity index (χ1v) is 27.8. The highest BCUT2D eigenvalue weighted by Crippen LogP contribution is 2.48. The van der Waals surface area contributed by atoms with Gasteiger partial charge in [-0.3, -0.25) is 0 Å². The molecule has 13 aromatic carbocycles. The van der Waals surface area contributed by atoms with Gasteiger partial charge in [0.05, 0.1) is 17.1 Å². The van der Waals surface area contributed by atoms with Crippen LogP contribution in [0.15, 0.2) is 315 Å². The van der Waals surface area contributed by atoms with Crippen LogP contribution in [0.2, 0.25) is 0 Å². The van der Waals surface area contributed by atoms with Crippen LogP contribution >= 0.6 is 11.3 Å². The fourth-order valence-corrected chi connectivity index (χ4v) is 12.7. The Morgan fingerprint density at radius 2 is 0.595 bits per heavy atom. The summed E-state index contributed by atoms with van der Waals surface area (Å²) in [7, 11) is 0. The summed E-state index contributed by atoms with van der Waals surface area (Å²) in [5.41, 5.74) is 20.4. The van der Waals surface area contributed by atoms with Crippen molar-refractivity contribution in [3.05, 3.63) is 315 Å². The molecular formula is C76H52N2S. The van der Waals surface area contributed by atoms with Crippen LogP contribution in [0.25, 0.3) is 97.7 Å². The van der Waals surface area contributed by atoms with Crippen molar-refractivity contribution in [3.63, 3.8) is 0 Å². The molecule has 0 aliphatic heterocycles. The van der Waals surface area contributed by atoms with Crippen LogP contribution in [0.3, 0.4) is 0 Å². The van der Waals surface area contributed by atoms with Crippen molar-refractivity contribution in [2.75, 3.05) is 9.80 Å². The molecule has 0 aliphatic carbocycles. The monoisotopic (exact) mass is 1020 g/mol. The highest BCUT2D eigenvalue weighted by Gasteiger charge is 2.23. The molecular weight excluding hydrogens is 973 g/mol. The maximum absolute atomic E-state index is 2.45. The van der Waals surface area contributed by atoms with Crippen molar-refractivity contribution < 1.29 is 0 Å². The molecule has 0 saturated heterocycles. The van der Waals surface area contributed by atoms with Gasteiger partial charge in [0.25, 0.3) is 0 Å². The van der Waals surface area contributed by atoms with E-state index in [9.17, 15) is 0 Å². The van der Waals surface area contributed by atoms with Crippen molar-refractivity contribution in [2.45, 2.75) is 0 Å². The minimum atomic E-state index is 1.05. The molecule has 0 saturated carbocycles. The Morgan fingerprint density at radius 1 is 0.203 bits per heavy atom. The van der Waals surface area contributed by atoms with Crippen molar-refractivity contribution in [3.8, 4) is 66.8 Å². The van der Waals surface area contributed by atoms with E-state index in [0.29, 0.717) is 0 Å². The molecule has 0 unspecified atom stereocenters. The summed E-state index contributed by atoms with van der Waals surface area (Å²) in [6.07, 6.45) is 0. The van der Waals surface area contributed by atoms with E-state index >= 15 is 0 Å². The van der Waals surface area contributed by atoms with Crippen LogP contribution < -0.4 is 9.80 Å². The number of benzene rings is 13. The average Bonchev–Trinajstić information content (AvgIpc) is 3.98. The average molecular weight is 1030 g/mol. The zero-order valence-corrected chi connectivity index (χ0v) is 44.1. The summed E-state index contributed by atoms with van der Waals surface area (Å²) in [5.74, 6) is 0. The molecule has 0 aliphatic rings. The summed E-state index contributed by atoms with van der Waals surface area (Å²) in [4.78, 5) is 4.88. The van der Waals surface area contributed by atoms with E-state index in [0.717, 1.165) is 73.1 Å². The van der Waals surface area contributed by atoms with E-state index in [1.54, 1.807) is 0 Å². The highest BCUT2D eigenvalue weighted by molar-refractivity contribution is 7.25. The molecule has 0 N–H and O–H groups in total. The van der Waals surface area contributed by atoms with Crippen LogP contribution in [0, 0.1) is 0 Å². The van der Waals surface area contributed by atoms with Crippen LogP contribution in [-0.2, 0) is 0 Å². The SMILES string of the molecule is c1ccc(-c2ccccc2-c2cccc(N(c3cccc(-c4ccccc4N(c4ccc(-c5ccc6c(c5)sc5cc7ccccc7cc56)cc4)c4ccccc4-c4ccccc4)c3)c3ccccc3-c3ccccc3)c2)cc1. The van der Waals surface area contributed by atoms with Gasteiger partial charge in [-0.1, -0.05) is 243 Å². The lowest BCUT2D eigenvalue weighted by atomic mass is 9.94. The van der Waals surface area contributed by atoms with Crippen molar-refractivity contribution in [1.29, 1.82) is 0 Å². The Bertz CT molecular complexity index is 4490. The number of hydrogen-bond donors (Lipinski definition) is 0. The highest BCUT2D eigenvalue weighted by atomic mass is 32.1. The number of hydrogen-bond acceptors (Lipinski definition) is 3. The normalized spacial score (nSPS) is 11.3. The van der Waals surface area contributed by atoms with E-state index in [1.165, 1.54) is 58.8 Å². The molecule has 0 atom stereocenters. The molecule has 372 valence electrons. The molecule has 0 spiro atoms. The second-order valence-electron chi connectivity index (χ2n) is 20.0. The molecule has 0 amide bonds. The van der Waals surface area contributed by atoms with E-state index in [-0.39, 0.29) is 0 Å². The summed E-state index contributed by atoms with van der Waals surface area (Å²) in [6, 6.07) is 115. The third kappa shape index (κ3) is 9.12. The number of thiophene rings is 1. The van der Waals surface area contributed by atoms with Gasteiger partial charge < -0.3 is 9.80 Å². The first-order chi connectivity index (χ1) is 39.2. The molecule has 3 heteroatoms. The first-order valence-electron chi connectivity index (χ1n) is 27.0. The molecule has 0 bridgehead atoms. The second kappa shape index (κ2) is 20.8. The third-order valence-corrected chi connectivity index (χ3v) is 16.4. The molecule has 14 rings (SSSR count). The van der Waals surface area contributed by atoms with E-state index < -0.39 is 0 Å². The van der Waals surface area contributed by atoms with Crippen LogP contribution in [-0.4, -0.2) is 0 Å². The largest absolute Gasteiger partial charge is 0.310 e. The minimum absolute atomic E-state index is 1.05. The van der Waals surface area contributed by atoms with E-state index in [2.05, 4.69) is 325 Å². The van der Waals surface area contributed by atoms with E-state index in [4.69, 9.17) is 0 Å². The molecule has 1 heterocycles. The number of nitrogens with zero attached hydrogens (tertiary/aromatic N) is 2. The quantitative estimate of drug-likeness (QED) is 0.120. The summed E-state index contributed by atoms with van der Waals surface area (Å²) >= 11 is 1.87. The molecule has 14 aromatic rings. The lowest BCUT2D eigenvalue weighted by Gasteiger charge is -2.31. The zero-order valence-electron chi connectivity index (χ0n) is 43.3. The number of fused-ring (bicyclic) bond motifs is 4. The molecule has 0 radical (unpaired) electrons. The predicted octanol–water partition coefficient (Wildman–Crippen LogP) is 22.1. The molecule has 0 fully saturated rings. The second-order valence-corrected chi connectivity index (χ2v) is 21.1. The molecule has 1 aromatic heterocycles. The third-order valence-electron chi connectivity index (χ3n) is 15.2. The van der Waals surface area contributed by atoms with Gasteiger partial charge in [-0.15, -0.1) is 11.3 Å². The summed E-state index contributed by atoms with van der Waals surface area (Å²) < 4.78 is 2.61. The molecule has 2 nitrogen and oxygen atoms in total.